The maximum absolute atomic E-state index is 12.5. The third kappa shape index (κ3) is 4.06. The zero-order valence-electron chi connectivity index (χ0n) is 9.76. The number of aromatic nitrogens is 2. The van der Waals surface area contributed by atoms with Crippen LogP contribution in [0.2, 0.25) is 0 Å². The van der Waals surface area contributed by atoms with Crippen LogP contribution in [0, 0.1) is 0 Å². The normalized spacial score (nSPS) is 11.7. The summed E-state index contributed by atoms with van der Waals surface area (Å²) in [6, 6.07) is 1.42. The average molecular weight is 249 g/mol. The van der Waals surface area contributed by atoms with E-state index in [2.05, 4.69) is 20.7 Å². The molecule has 0 aromatic carbocycles. The number of hydrogen-bond donors (Lipinski definition) is 2. The lowest BCUT2D eigenvalue weighted by Crippen LogP contribution is -2.22. The van der Waals surface area contributed by atoms with Crippen molar-refractivity contribution in [3.8, 4) is 0 Å². The van der Waals surface area contributed by atoms with Gasteiger partial charge < -0.3 is 10.7 Å². The minimum atomic E-state index is -4.56. The Hall–Kier alpha value is -1.57. The summed E-state index contributed by atoms with van der Waals surface area (Å²) in [7, 11) is 3.31. The van der Waals surface area contributed by atoms with Crippen molar-refractivity contribution in [2.45, 2.75) is 13.1 Å². The van der Waals surface area contributed by atoms with Gasteiger partial charge in [-0.1, -0.05) is 0 Å². The van der Waals surface area contributed by atoms with Gasteiger partial charge in [0.15, 0.2) is 0 Å². The number of anilines is 2. The Kier molecular flexibility index (Phi) is 4.11. The molecule has 0 radical (unpaired) electrons. The van der Waals surface area contributed by atoms with Gasteiger partial charge in [-0.25, -0.2) is 15.0 Å². The highest BCUT2D eigenvalue weighted by Crippen LogP contribution is 2.28. The summed E-state index contributed by atoms with van der Waals surface area (Å²) in [5.74, 6) is -0.937. The number of hydrogen-bond acceptors (Lipinski definition) is 5. The Morgan fingerprint density at radius 3 is 2.29 bits per heavy atom. The molecule has 0 unspecified atom stereocenters. The first-order chi connectivity index (χ1) is 7.82. The van der Waals surface area contributed by atoms with Gasteiger partial charge >= 0.3 is 6.18 Å². The lowest BCUT2D eigenvalue weighted by Gasteiger charge is -2.15. The Morgan fingerprint density at radius 2 is 1.82 bits per heavy atom. The summed E-state index contributed by atoms with van der Waals surface area (Å²) < 4.78 is 37.6. The van der Waals surface area contributed by atoms with E-state index in [1.165, 1.54) is 11.1 Å². The molecule has 96 valence electrons. The summed E-state index contributed by atoms with van der Waals surface area (Å²) in [5, 5.41) is 4.22. The van der Waals surface area contributed by atoms with Gasteiger partial charge in [0, 0.05) is 26.7 Å². The second kappa shape index (κ2) is 5.17. The van der Waals surface area contributed by atoms with Crippen LogP contribution in [0.3, 0.4) is 0 Å². The molecule has 0 amide bonds. The lowest BCUT2D eigenvalue weighted by molar-refractivity contribution is -0.144. The number of rotatable bonds is 4. The minimum Gasteiger partial charge on any atom is -0.370 e. The molecule has 1 heterocycles. The van der Waals surface area contributed by atoms with E-state index in [-0.39, 0.29) is 11.6 Å². The largest absolute Gasteiger partial charge is 0.451 e. The molecule has 2 N–H and O–H groups in total. The molecule has 1 aromatic heterocycles. The molecule has 0 saturated carbocycles. The Labute approximate surface area is 97.0 Å². The molecule has 5 nitrogen and oxygen atoms in total. The Balaban J connectivity index is 3.09. The molecule has 0 atom stereocenters. The quantitative estimate of drug-likeness (QED) is 0.797. The van der Waals surface area contributed by atoms with Crippen molar-refractivity contribution in [2.24, 2.45) is 0 Å². The van der Waals surface area contributed by atoms with E-state index >= 15 is 0 Å². The van der Waals surface area contributed by atoms with Crippen molar-refractivity contribution in [3.63, 3.8) is 0 Å². The van der Waals surface area contributed by atoms with Gasteiger partial charge in [0.2, 0.25) is 5.82 Å². The van der Waals surface area contributed by atoms with Crippen LogP contribution in [-0.4, -0.2) is 35.6 Å². The van der Waals surface area contributed by atoms with E-state index in [9.17, 15) is 13.2 Å². The number of halogens is 3. The van der Waals surface area contributed by atoms with Crippen LogP contribution >= 0.6 is 0 Å². The van der Waals surface area contributed by atoms with Gasteiger partial charge in [-0.15, -0.1) is 0 Å². The first-order valence-electron chi connectivity index (χ1n) is 4.97. The van der Waals surface area contributed by atoms with E-state index < -0.39 is 12.0 Å². The van der Waals surface area contributed by atoms with Gasteiger partial charge in [-0.05, 0) is 6.92 Å². The SMILES string of the molecule is CCNc1cc(NN(C)C)nc(C(F)(F)F)n1. The molecule has 0 aliphatic carbocycles. The minimum absolute atomic E-state index is 0.0910. The molecule has 0 saturated heterocycles. The summed E-state index contributed by atoms with van der Waals surface area (Å²) in [4.78, 5) is 6.79. The summed E-state index contributed by atoms with van der Waals surface area (Å²) in [6.07, 6.45) is -4.56. The van der Waals surface area contributed by atoms with Crippen molar-refractivity contribution in [1.82, 2.24) is 15.0 Å². The second-order valence-corrected chi connectivity index (χ2v) is 3.50. The van der Waals surface area contributed by atoms with Crippen LogP contribution in [0.1, 0.15) is 12.7 Å². The monoisotopic (exact) mass is 249 g/mol. The predicted octanol–water partition coefficient (Wildman–Crippen LogP) is 1.82. The van der Waals surface area contributed by atoms with E-state index in [4.69, 9.17) is 0 Å². The van der Waals surface area contributed by atoms with Crippen molar-refractivity contribution in [3.05, 3.63) is 11.9 Å². The molecule has 1 aromatic rings. The standard InChI is InChI=1S/C9H14F3N5/c1-4-13-6-5-7(16-17(2)3)15-8(14-6)9(10,11)12/h5H,4H2,1-3H3,(H2,13,14,15,16). The zero-order valence-corrected chi connectivity index (χ0v) is 9.76. The van der Waals surface area contributed by atoms with E-state index in [1.807, 2.05) is 0 Å². The third-order valence-corrected chi connectivity index (χ3v) is 1.68. The molecule has 0 spiro atoms. The molecular weight excluding hydrogens is 235 g/mol. The molecular formula is C9H14F3N5. The van der Waals surface area contributed by atoms with E-state index in [1.54, 1.807) is 21.0 Å². The zero-order chi connectivity index (χ0) is 13.1. The highest BCUT2D eigenvalue weighted by Gasteiger charge is 2.35. The van der Waals surface area contributed by atoms with Crippen LogP contribution in [0.4, 0.5) is 24.8 Å². The molecule has 8 heteroatoms. The molecule has 0 aliphatic rings. The molecule has 17 heavy (non-hydrogen) atoms. The van der Waals surface area contributed by atoms with Gasteiger partial charge in [0.05, 0.1) is 0 Å². The fraction of sp³-hybridized carbons (Fsp3) is 0.556. The van der Waals surface area contributed by atoms with Gasteiger partial charge in [-0.3, -0.25) is 0 Å². The van der Waals surface area contributed by atoms with Gasteiger partial charge in [0.25, 0.3) is 0 Å². The summed E-state index contributed by atoms with van der Waals surface area (Å²) >= 11 is 0. The van der Waals surface area contributed by atoms with Crippen molar-refractivity contribution >= 4 is 11.6 Å². The molecule has 0 bridgehead atoms. The predicted molar refractivity (Wildman–Crippen MR) is 58.5 cm³/mol. The van der Waals surface area contributed by atoms with Gasteiger partial charge in [0.1, 0.15) is 11.6 Å². The Morgan fingerprint density at radius 1 is 1.24 bits per heavy atom. The summed E-state index contributed by atoms with van der Waals surface area (Å²) in [5.41, 5.74) is 2.66. The number of alkyl halides is 3. The maximum Gasteiger partial charge on any atom is 0.451 e. The van der Waals surface area contributed by atoms with Crippen molar-refractivity contribution < 1.29 is 13.2 Å². The molecule has 1 rings (SSSR count). The van der Waals surface area contributed by atoms with Crippen LogP contribution in [0.5, 0.6) is 0 Å². The maximum atomic E-state index is 12.5. The van der Waals surface area contributed by atoms with Crippen LogP contribution in [0.25, 0.3) is 0 Å². The lowest BCUT2D eigenvalue weighted by atomic mass is 10.4. The van der Waals surface area contributed by atoms with Crippen LogP contribution in [-0.2, 0) is 6.18 Å². The first-order valence-corrected chi connectivity index (χ1v) is 4.97. The van der Waals surface area contributed by atoms with Crippen LogP contribution in [0.15, 0.2) is 6.07 Å². The first kappa shape index (κ1) is 13.5. The topological polar surface area (TPSA) is 53.1 Å². The van der Waals surface area contributed by atoms with E-state index in [0.717, 1.165) is 0 Å². The van der Waals surface area contributed by atoms with Gasteiger partial charge in [-0.2, -0.15) is 13.2 Å². The van der Waals surface area contributed by atoms with E-state index in [0.29, 0.717) is 6.54 Å². The fourth-order valence-corrected chi connectivity index (χ4v) is 1.13. The third-order valence-electron chi connectivity index (χ3n) is 1.68. The number of hydrazine groups is 1. The number of nitrogens with zero attached hydrogens (tertiary/aromatic N) is 3. The molecule has 0 aliphatic heterocycles. The van der Waals surface area contributed by atoms with Crippen LogP contribution < -0.4 is 10.7 Å². The fourth-order valence-electron chi connectivity index (χ4n) is 1.13. The van der Waals surface area contributed by atoms with Crippen molar-refractivity contribution in [2.75, 3.05) is 31.4 Å². The summed E-state index contributed by atoms with van der Waals surface area (Å²) in [6.45, 7) is 2.25. The van der Waals surface area contributed by atoms with Crippen molar-refractivity contribution in [1.29, 1.82) is 0 Å². The molecule has 0 fully saturated rings. The Bertz CT molecular complexity index is 377. The highest BCUT2D eigenvalue weighted by molar-refractivity contribution is 5.47. The second-order valence-electron chi connectivity index (χ2n) is 3.50. The smallest absolute Gasteiger partial charge is 0.370 e. The number of nitrogens with one attached hydrogen (secondary N) is 2. The average Bonchev–Trinajstić information content (AvgIpc) is 2.15. The highest BCUT2D eigenvalue weighted by atomic mass is 19.4.